The molecule has 0 aliphatic carbocycles. The number of fused-ring (bicyclic) bond motifs is 1. The quantitative estimate of drug-likeness (QED) is 0.581. The SMILES string of the molecule is CN(C[C@@H]1COc2ccccc2O1)C(=O)COc1cccc([N+](=O)[O-])c1. The Hall–Kier alpha value is -3.29. The number of hydrogen-bond donors (Lipinski definition) is 0. The molecule has 8 nitrogen and oxygen atoms in total. The largest absolute Gasteiger partial charge is 0.486 e. The molecule has 1 aliphatic heterocycles. The van der Waals surface area contributed by atoms with E-state index in [-0.39, 0.29) is 30.1 Å². The van der Waals surface area contributed by atoms with Crippen molar-refractivity contribution in [2.75, 3.05) is 26.8 Å². The molecule has 2 aromatic rings. The van der Waals surface area contributed by atoms with Crippen LogP contribution in [-0.2, 0) is 4.79 Å². The normalized spacial score (nSPS) is 15.2. The zero-order valence-electron chi connectivity index (χ0n) is 14.2. The summed E-state index contributed by atoms with van der Waals surface area (Å²) in [4.78, 5) is 24.0. The Morgan fingerprint density at radius 2 is 2.04 bits per heavy atom. The van der Waals surface area contributed by atoms with Crippen LogP contribution in [0.4, 0.5) is 5.69 Å². The molecule has 1 aliphatic rings. The summed E-state index contributed by atoms with van der Waals surface area (Å²) in [5.74, 6) is 1.34. The van der Waals surface area contributed by atoms with Gasteiger partial charge >= 0.3 is 0 Å². The van der Waals surface area contributed by atoms with Crippen molar-refractivity contribution in [1.29, 1.82) is 0 Å². The molecule has 2 aromatic carbocycles. The molecule has 0 bridgehead atoms. The molecule has 136 valence electrons. The van der Waals surface area contributed by atoms with Crippen molar-refractivity contribution in [1.82, 2.24) is 4.90 Å². The van der Waals surface area contributed by atoms with Crippen LogP contribution in [0.25, 0.3) is 0 Å². The fraction of sp³-hybridized carbons (Fsp3) is 0.278. The Labute approximate surface area is 150 Å². The van der Waals surface area contributed by atoms with Crippen LogP contribution >= 0.6 is 0 Å². The summed E-state index contributed by atoms with van der Waals surface area (Å²) in [6.45, 7) is 0.466. The molecule has 0 saturated carbocycles. The first-order valence-corrected chi connectivity index (χ1v) is 8.02. The van der Waals surface area contributed by atoms with E-state index in [2.05, 4.69) is 0 Å². The molecule has 0 saturated heterocycles. The van der Waals surface area contributed by atoms with E-state index in [0.29, 0.717) is 24.7 Å². The second-order valence-corrected chi connectivity index (χ2v) is 5.82. The Bertz CT molecular complexity index is 810. The highest BCUT2D eigenvalue weighted by Gasteiger charge is 2.23. The lowest BCUT2D eigenvalue weighted by atomic mass is 10.2. The molecule has 1 heterocycles. The third-order valence-electron chi connectivity index (χ3n) is 3.86. The first-order chi connectivity index (χ1) is 12.5. The average Bonchev–Trinajstić information content (AvgIpc) is 2.66. The molecule has 0 unspecified atom stereocenters. The predicted octanol–water partition coefficient (Wildman–Crippen LogP) is 2.27. The first-order valence-electron chi connectivity index (χ1n) is 8.02. The second-order valence-electron chi connectivity index (χ2n) is 5.82. The predicted molar refractivity (Wildman–Crippen MR) is 92.6 cm³/mol. The molecule has 0 aromatic heterocycles. The molecular formula is C18H18N2O6. The topological polar surface area (TPSA) is 91.1 Å². The number of carbonyl (C=O) groups excluding carboxylic acids is 1. The molecule has 0 radical (unpaired) electrons. The van der Waals surface area contributed by atoms with Crippen LogP contribution in [0.3, 0.4) is 0 Å². The molecule has 26 heavy (non-hydrogen) atoms. The van der Waals surface area contributed by atoms with Gasteiger partial charge in [0.1, 0.15) is 12.4 Å². The van der Waals surface area contributed by atoms with Gasteiger partial charge in [0, 0.05) is 13.1 Å². The smallest absolute Gasteiger partial charge is 0.273 e. The fourth-order valence-corrected chi connectivity index (χ4v) is 2.50. The summed E-state index contributed by atoms with van der Waals surface area (Å²) in [6.07, 6.45) is -0.281. The summed E-state index contributed by atoms with van der Waals surface area (Å²) in [5.41, 5.74) is -0.0882. The van der Waals surface area contributed by atoms with E-state index in [9.17, 15) is 14.9 Å². The van der Waals surface area contributed by atoms with E-state index in [0.717, 1.165) is 0 Å². The van der Waals surface area contributed by atoms with Crippen LogP contribution in [-0.4, -0.2) is 48.6 Å². The van der Waals surface area contributed by atoms with Gasteiger partial charge in [0.2, 0.25) is 0 Å². The highest BCUT2D eigenvalue weighted by molar-refractivity contribution is 5.77. The first kappa shape index (κ1) is 17.5. The highest BCUT2D eigenvalue weighted by atomic mass is 16.6. The van der Waals surface area contributed by atoms with E-state index >= 15 is 0 Å². The molecule has 1 amide bonds. The Morgan fingerprint density at radius 3 is 2.81 bits per heavy atom. The van der Waals surface area contributed by atoms with Crippen LogP contribution in [0.15, 0.2) is 48.5 Å². The van der Waals surface area contributed by atoms with Crippen molar-refractivity contribution in [3.8, 4) is 17.2 Å². The van der Waals surface area contributed by atoms with Gasteiger partial charge in [0.15, 0.2) is 24.2 Å². The number of hydrogen-bond acceptors (Lipinski definition) is 6. The number of carbonyl (C=O) groups is 1. The van der Waals surface area contributed by atoms with Crippen LogP contribution in [0, 0.1) is 10.1 Å². The van der Waals surface area contributed by atoms with Crippen LogP contribution < -0.4 is 14.2 Å². The second kappa shape index (κ2) is 7.73. The van der Waals surface area contributed by atoms with Crippen molar-refractivity contribution < 1.29 is 23.9 Å². The monoisotopic (exact) mass is 358 g/mol. The standard InChI is InChI=1S/C18H18N2O6/c1-19(10-15-11-25-16-7-2-3-8-17(16)26-15)18(21)12-24-14-6-4-5-13(9-14)20(22)23/h2-9,15H,10-12H2,1H3/t15-/m1/s1. The number of non-ortho nitro benzene ring substituents is 1. The number of para-hydroxylation sites is 2. The molecular weight excluding hydrogens is 340 g/mol. The van der Waals surface area contributed by atoms with E-state index in [4.69, 9.17) is 14.2 Å². The van der Waals surface area contributed by atoms with Crippen LogP contribution in [0.5, 0.6) is 17.2 Å². The summed E-state index contributed by atoms with van der Waals surface area (Å²) >= 11 is 0. The maximum Gasteiger partial charge on any atom is 0.273 e. The average molecular weight is 358 g/mol. The summed E-state index contributed by atoms with van der Waals surface area (Å²) in [7, 11) is 1.64. The van der Waals surface area contributed by atoms with Gasteiger partial charge in [-0.05, 0) is 18.2 Å². The van der Waals surface area contributed by atoms with Gasteiger partial charge in [-0.25, -0.2) is 0 Å². The number of nitro benzene ring substituents is 1. The lowest BCUT2D eigenvalue weighted by Gasteiger charge is -2.29. The molecule has 0 fully saturated rings. The zero-order valence-corrected chi connectivity index (χ0v) is 14.2. The van der Waals surface area contributed by atoms with Crippen molar-refractivity contribution in [2.45, 2.75) is 6.10 Å². The Morgan fingerprint density at radius 1 is 1.27 bits per heavy atom. The third kappa shape index (κ3) is 4.21. The lowest BCUT2D eigenvalue weighted by molar-refractivity contribution is -0.384. The minimum atomic E-state index is -0.515. The molecule has 3 rings (SSSR count). The van der Waals surface area contributed by atoms with E-state index < -0.39 is 4.92 Å². The van der Waals surface area contributed by atoms with Gasteiger partial charge in [-0.2, -0.15) is 0 Å². The summed E-state index contributed by atoms with van der Waals surface area (Å²) < 4.78 is 16.8. The fourth-order valence-electron chi connectivity index (χ4n) is 2.50. The summed E-state index contributed by atoms with van der Waals surface area (Å²) in [5, 5.41) is 10.8. The molecule has 0 N–H and O–H groups in total. The molecule has 8 heteroatoms. The van der Waals surface area contributed by atoms with Crippen molar-refractivity contribution in [3.63, 3.8) is 0 Å². The van der Waals surface area contributed by atoms with E-state index in [1.165, 1.54) is 23.1 Å². The number of likely N-dealkylation sites (N-methyl/N-ethyl adjacent to an activating group) is 1. The maximum atomic E-state index is 12.2. The number of amides is 1. The number of nitrogens with zero attached hydrogens (tertiary/aromatic N) is 2. The van der Waals surface area contributed by atoms with Gasteiger partial charge in [0.25, 0.3) is 11.6 Å². The molecule has 1 atom stereocenters. The van der Waals surface area contributed by atoms with Gasteiger partial charge in [-0.1, -0.05) is 18.2 Å². The van der Waals surface area contributed by atoms with Gasteiger partial charge in [-0.15, -0.1) is 0 Å². The van der Waals surface area contributed by atoms with Crippen molar-refractivity contribution >= 4 is 11.6 Å². The van der Waals surface area contributed by atoms with E-state index in [1.54, 1.807) is 13.1 Å². The van der Waals surface area contributed by atoms with Crippen molar-refractivity contribution in [3.05, 3.63) is 58.6 Å². The maximum absolute atomic E-state index is 12.2. The van der Waals surface area contributed by atoms with Gasteiger partial charge < -0.3 is 19.1 Å². The Balaban J connectivity index is 1.51. The zero-order chi connectivity index (χ0) is 18.5. The number of nitro groups is 1. The number of rotatable bonds is 6. The number of ether oxygens (including phenoxy) is 3. The highest BCUT2D eigenvalue weighted by Crippen LogP contribution is 2.30. The van der Waals surface area contributed by atoms with E-state index in [1.807, 2.05) is 24.3 Å². The van der Waals surface area contributed by atoms with Crippen LogP contribution in [0.2, 0.25) is 0 Å². The van der Waals surface area contributed by atoms with Crippen LogP contribution in [0.1, 0.15) is 0 Å². The third-order valence-corrected chi connectivity index (χ3v) is 3.86. The summed E-state index contributed by atoms with van der Waals surface area (Å²) in [6, 6.07) is 13.1. The minimum Gasteiger partial charge on any atom is -0.486 e. The van der Waals surface area contributed by atoms with Gasteiger partial charge in [-0.3, -0.25) is 14.9 Å². The van der Waals surface area contributed by atoms with Gasteiger partial charge in [0.05, 0.1) is 17.5 Å². The Kier molecular flexibility index (Phi) is 5.21. The lowest BCUT2D eigenvalue weighted by Crippen LogP contribution is -2.43. The van der Waals surface area contributed by atoms with Crippen molar-refractivity contribution in [2.24, 2.45) is 0 Å². The molecule has 0 spiro atoms. The number of benzene rings is 2. The minimum absolute atomic E-state index is 0.0882.